The van der Waals surface area contributed by atoms with Crippen LogP contribution in [0.25, 0.3) is 0 Å². The molecule has 1 rings (SSSR count). The molecule has 0 radical (unpaired) electrons. The molecule has 1 unspecified atom stereocenters. The molecule has 4 N–H and O–H groups in total. The predicted molar refractivity (Wildman–Crippen MR) is 112 cm³/mol. The van der Waals surface area contributed by atoms with Crippen molar-refractivity contribution in [3.63, 3.8) is 0 Å². The molecule has 1 atom stereocenters. The Morgan fingerprint density at radius 1 is 1.25 bits per heavy atom. The van der Waals surface area contributed by atoms with Gasteiger partial charge < -0.3 is 30.5 Å². The fraction of sp³-hybridized carbons (Fsp3) is 0.900. The second-order valence-corrected chi connectivity index (χ2v) is 8.67. The third-order valence-electron chi connectivity index (χ3n) is 5.40. The van der Waals surface area contributed by atoms with Gasteiger partial charge in [0.2, 0.25) is 0 Å². The van der Waals surface area contributed by atoms with Crippen LogP contribution in [-0.4, -0.2) is 68.3 Å². The fourth-order valence-electron chi connectivity index (χ4n) is 3.30. The minimum absolute atomic E-state index is 0.0618. The van der Waals surface area contributed by atoms with Gasteiger partial charge in [-0.3, -0.25) is 4.99 Å². The first kappa shape index (κ1) is 24.5. The van der Waals surface area contributed by atoms with Crippen molar-refractivity contribution in [2.24, 2.45) is 10.4 Å². The van der Waals surface area contributed by atoms with Crippen LogP contribution in [0.4, 0.5) is 4.79 Å². The van der Waals surface area contributed by atoms with Crippen LogP contribution in [0, 0.1) is 5.41 Å². The lowest BCUT2D eigenvalue weighted by molar-refractivity contribution is 0.0448. The van der Waals surface area contributed by atoms with Gasteiger partial charge in [-0.05, 0) is 46.5 Å². The van der Waals surface area contributed by atoms with Crippen LogP contribution in [0.3, 0.4) is 0 Å². The number of guanidine groups is 1. The molecule has 1 fully saturated rings. The van der Waals surface area contributed by atoms with Crippen molar-refractivity contribution in [1.82, 2.24) is 16.0 Å². The van der Waals surface area contributed by atoms with E-state index in [0.29, 0.717) is 32.1 Å². The average molecular weight is 401 g/mol. The summed E-state index contributed by atoms with van der Waals surface area (Å²) >= 11 is 0. The molecule has 0 aromatic heterocycles. The van der Waals surface area contributed by atoms with E-state index < -0.39 is 17.2 Å². The zero-order valence-electron chi connectivity index (χ0n) is 18.5. The minimum atomic E-state index is -0.535. The summed E-state index contributed by atoms with van der Waals surface area (Å²) in [6, 6.07) is 0. The Morgan fingerprint density at radius 2 is 1.93 bits per heavy atom. The van der Waals surface area contributed by atoms with Crippen molar-refractivity contribution in [2.75, 3.05) is 40.0 Å². The smallest absolute Gasteiger partial charge is 0.408 e. The first-order valence-corrected chi connectivity index (χ1v) is 10.3. The number of amides is 1. The van der Waals surface area contributed by atoms with Gasteiger partial charge in [0.25, 0.3) is 0 Å². The zero-order valence-corrected chi connectivity index (χ0v) is 18.5. The Morgan fingerprint density at radius 3 is 2.39 bits per heavy atom. The normalized spacial score (nSPS) is 20.8. The molecular weight excluding hydrogens is 360 g/mol. The van der Waals surface area contributed by atoms with E-state index in [2.05, 4.69) is 20.9 Å². The molecule has 1 aliphatic heterocycles. The summed E-state index contributed by atoms with van der Waals surface area (Å²) in [5.41, 5.74) is -1.03. The summed E-state index contributed by atoms with van der Waals surface area (Å²) in [6.07, 6.45) is 2.73. The maximum absolute atomic E-state index is 12.3. The Kier molecular flexibility index (Phi) is 9.50. The number of aliphatic hydroxyl groups excluding tert-OH is 1. The summed E-state index contributed by atoms with van der Waals surface area (Å²) in [5, 5.41) is 19.1. The lowest BCUT2D eigenvalue weighted by atomic mass is 9.84. The summed E-state index contributed by atoms with van der Waals surface area (Å²) < 4.78 is 11.0. The number of ether oxygens (including phenoxy) is 2. The van der Waals surface area contributed by atoms with E-state index in [1.807, 2.05) is 34.6 Å². The second kappa shape index (κ2) is 10.9. The number of nitrogens with zero attached hydrogens (tertiary/aromatic N) is 1. The standard InChI is InChI=1S/C20H40N4O4/c1-7-20(8-2,24-17(26)28-18(3,4)5)14-23-16(21-6)22-13-19(9-11-25)10-12-27-15-19/h25H,7-15H2,1-6H3,(H,24,26)(H2,21,22,23). The Hall–Kier alpha value is -1.54. The largest absolute Gasteiger partial charge is 0.444 e. The maximum Gasteiger partial charge on any atom is 0.408 e. The molecule has 8 nitrogen and oxygen atoms in total. The summed E-state index contributed by atoms with van der Waals surface area (Å²) in [5.74, 6) is 0.668. The Balaban J connectivity index is 2.65. The number of nitrogens with one attached hydrogen (secondary N) is 3. The molecule has 0 aliphatic carbocycles. The van der Waals surface area contributed by atoms with Gasteiger partial charge in [0.1, 0.15) is 5.60 Å². The topological polar surface area (TPSA) is 104 Å². The van der Waals surface area contributed by atoms with Crippen LogP contribution in [0.1, 0.15) is 60.3 Å². The van der Waals surface area contributed by atoms with Crippen LogP contribution >= 0.6 is 0 Å². The summed E-state index contributed by atoms with van der Waals surface area (Å²) in [6.45, 7) is 12.4. The molecule has 1 heterocycles. The molecule has 28 heavy (non-hydrogen) atoms. The molecule has 1 amide bonds. The number of rotatable bonds is 9. The third kappa shape index (κ3) is 7.83. The van der Waals surface area contributed by atoms with E-state index in [4.69, 9.17) is 9.47 Å². The highest BCUT2D eigenvalue weighted by molar-refractivity contribution is 5.80. The van der Waals surface area contributed by atoms with E-state index in [9.17, 15) is 9.90 Å². The molecule has 164 valence electrons. The lowest BCUT2D eigenvalue weighted by Gasteiger charge is -2.35. The SMILES string of the molecule is CCC(CC)(CNC(=NC)NCC1(CCO)CCOC1)NC(=O)OC(C)(C)C. The summed E-state index contributed by atoms with van der Waals surface area (Å²) in [7, 11) is 1.72. The van der Waals surface area contributed by atoms with Gasteiger partial charge in [0.15, 0.2) is 5.96 Å². The van der Waals surface area contributed by atoms with Gasteiger partial charge >= 0.3 is 6.09 Å². The molecule has 0 aromatic carbocycles. The van der Waals surface area contributed by atoms with Crippen molar-refractivity contribution in [3.05, 3.63) is 0 Å². The first-order chi connectivity index (χ1) is 13.1. The van der Waals surface area contributed by atoms with E-state index in [-0.39, 0.29) is 12.0 Å². The highest BCUT2D eigenvalue weighted by Gasteiger charge is 2.35. The van der Waals surface area contributed by atoms with Gasteiger partial charge in [0.05, 0.1) is 12.1 Å². The predicted octanol–water partition coefficient (Wildman–Crippen LogP) is 2.02. The maximum atomic E-state index is 12.3. The number of carbonyl (C=O) groups excluding carboxylic acids is 1. The number of hydrogen-bond donors (Lipinski definition) is 4. The first-order valence-electron chi connectivity index (χ1n) is 10.3. The number of aliphatic hydroxyl groups is 1. The number of alkyl carbamates (subject to hydrolysis) is 1. The van der Waals surface area contributed by atoms with Crippen molar-refractivity contribution >= 4 is 12.1 Å². The molecule has 8 heteroatoms. The van der Waals surface area contributed by atoms with Crippen LogP contribution in [-0.2, 0) is 9.47 Å². The van der Waals surface area contributed by atoms with Gasteiger partial charge in [-0.25, -0.2) is 4.79 Å². The Bertz CT molecular complexity index is 507. The van der Waals surface area contributed by atoms with Gasteiger partial charge in [-0.1, -0.05) is 13.8 Å². The molecule has 0 saturated carbocycles. The van der Waals surface area contributed by atoms with Crippen LogP contribution in [0.5, 0.6) is 0 Å². The number of carbonyl (C=O) groups is 1. The highest BCUT2D eigenvalue weighted by Crippen LogP contribution is 2.31. The van der Waals surface area contributed by atoms with Gasteiger partial charge in [-0.15, -0.1) is 0 Å². The van der Waals surface area contributed by atoms with Crippen molar-refractivity contribution in [2.45, 2.75) is 71.4 Å². The van der Waals surface area contributed by atoms with E-state index in [1.165, 1.54) is 0 Å². The average Bonchev–Trinajstić information content (AvgIpc) is 3.08. The molecule has 1 saturated heterocycles. The zero-order chi connectivity index (χ0) is 21.3. The Labute approximate surface area is 169 Å². The summed E-state index contributed by atoms with van der Waals surface area (Å²) in [4.78, 5) is 16.6. The minimum Gasteiger partial charge on any atom is -0.444 e. The van der Waals surface area contributed by atoms with Crippen molar-refractivity contribution < 1.29 is 19.4 Å². The van der Waals surface area contributed by atoms with Crippen LogP contribution in [0.2, 0.25) is 0 Å². The van der Waals surface area contributed by atoms with E-state index in [0.717, 1.165) is 25.9 Å². The highest BCUT2D eigenvalue weighted by atomic mass is 16.6. The molecule has 1 aliphatic rings. The fourth-order valence-corrected chi connectivity index (χ4v) is 3.30. The van der Waals surface area contributed by atoms with Crippen LogP contribution < -0.4 is 16.0 Å². The number of aliphatic imine (C=N–C) groups is 1. The van der Waals surface area contributed by atoms with Crippen molar-refractivity contribution in [1.29, 1.82) is 0 Å². The van der Waals surface area contributed by atoms with Crippen LogP contribution in [0.15, 0.2) is 4.99 Å². The number of hydrogen-bond acceptors (Lipinski definition) is 5. The van der Waals surface area contributed by atoms with Crippen molar-refractivity contribution in [3.8, 4) is 0 Å². The van der Waals surface area contributed by atoms with Gasteiger partial charge in [0, 0.05) is 38.8 Å². The quantitative estimate of drug-likeness (QED) is 0.349. The monoisotopic (exact) mass is 400 g/mol. The van der Waals surface area contributed by atoms with Gasteiger partial charge in [-0.2, -0.15) is 0 Å². The second-order valence-electron chi connectivity index (χ2n) is 8.67. The molecular formula is C20H40N4O4. The van der Waals surface area contributed by atoms with E-state index >= 15 is 0 Å². The van der Waals surface area contributed by atoms with E-state index in [1.54, 1.807) is 7.05 Å². The molecule has 0 bridgehead atoms. The molecule has 0 aromatic rings. The lowest BCUT2D eigenvalue weighted by Crippen LogP contribution is -2.57. The third-order valence-corrected chi connectivity index (χ3v) is 5.40. The molecule has 0 spiro atoms.